The summed E-state index contributed by atoms with van der Waals surface area (Å²) in [5.74, 6) is 1.51. The van der Waals surface area contributed by atoms with Crippen LogP contribution in [0.5, 0.6) is 0 Å². The molecule has 3 heteroatoms. The molecule has 0 bridgehead atoms. The summed E-state index contributed by atoms with van der Waals surface area (Å²) in [6.45, 7) is 15.0. The first-order valence-electron chi connectivity index (χ1n) is 8.12. The van der Waals surface area contributed by atoms with Gasteiger partial charge < -0.3 is 4.90 Å². The summed E-state index contributed by atoms with van der Waals surface area (Å²) in [7, 11) is 0. The summed E-state index contributed by atoms with van der Waals surface area (Å²) in [5, 5.41) is 1.11. The lowest BCUT2D eigenvalue weighted by atomic mass is 9.97. The molecule has 0 radical (unpaired) electrons. The molecule has 0 N–H and O–H groups in total. The molecule has 1 aromatic carbocycles. The Morgan fingerprint density at radius 1 is 1.10 bits per heavy atom. The second kappa shape index (κ2) is 7.64. The van der Waals surface area contributed by atoms with Crippen molar-refractivity contribution in [1.82, 2.24) is 4.90 Å². The van der Waals surface area contributed by atoms with E-state index >= 15 is 0 Å². The topological polar surface area (TPSA) is 6.48 Å². The van der Waals surface area contributed by atoms with Crippen molar-refractivity contribution in [2.45, 2.75) is 27.7 Å². The van der Waals surface area contributed by atoms with Crippen molar-refractivity contribution in [2.24, 2.45) is 11.8 Å². The van der Waals surface area contributed by atoms with Gasteiger partial charge in [0.15, 0.2) is 0 Å². The fourth-order valence-electron chi connectivity index (χ4n) is 3.02. The Morgan fingerprint density at radius 2 is 1.76 bits per heavy atom. The van der Waals surface area contributed by atoms with Gasteiger partial charge in [-0.3, -0.25) is 4.90 Å². The first-order valence-corrected chi connectivity index (χ1v) is 9.24. The van der Waals surface area contributed by atoms with Gasteiger partial charge in [0, 0.05) is 43.7 Å². The van der Waals surface area contributed by atoms with E-state index in [1.54, 1.807) is 0 Å². The first-order chi connectivity index (χ1) is 10.0. The Hall–Kier alpha value is -0.540. The molecule has 0 aliphatic carbocycles. The monoisotopic (exact) mass is 352 g/mol. The lowest BCUT2D eigenvalue weighted by Crippen LogP contribution is -2.48. The van der Waals surface area contributed by atoms with Gasteiger partial charge in [0.05, 0.1) is 0 Å². The standard InChI is InChI=1S/C18H29BrN2/c1-14(2)17(12-19)13-20-8-10-21(11-9-20)18-7-5-6-15(3)16(18)4/h5-7,14,17H,8-13H2,1-4H3. The van der Waals surface area contributed by atoms with Crippen molar-refractivity contribution >= 4 is 21.6 Å². The van der Waals surface area contributed by atoms with Gasteiger partial charge in [-0.15, -0.1) is 0 Å². The molecule has 1 heterocycles. The molecular formula is C18H29BrN2. The van der Waals surface area contributed by atoms with E-state index in [0.29, 0.717) is 0 Å². The molecule has 0 saturated carbocycles. The van der Waals surface area contributed by atoms with Crippen molar-refractivity contribution in [2.75, 3.05) is 43.0 Å². The number of hydrogen-bond donors (Lipinski definition) is 0. The molecule has 1 aromatic rings. The average molecular weight is 353 g/mol. The molecule has 1 atom stereocenters. The highest BCUT2D eigenvalue weighted by Gasteiger charge is 2.22. The number of rotatable bonds is 5. The Morgan fingerprint density at radius 3 is 2.33 bits per heavy atom. The van der Waals surface area contributed by atoms with Crippen LogP contribution in [0, 0.1) is 25.7 Å². The molecule has 118 valence electrons. The molecule has 1 fully saturated rings. The summed E-state index contributed by atoms with van der Waals surface area (Å²) in [6.07, 6.45) is 0. The lowest BCUT2D eigenvalue weighted by Gasteiger charge is -2.38. The minimum Gasteiger partial charge on any atom is -0.369 e. The summed E-state index contributed by atoms with van der Waals surface area (Å²) in [5.41, 5.74) is 4.26. The molecule has 1 unspecified atom stereocenters. The molecule has 0 spiro atoms. The van der Waals surface area contributed by atoms with Gasteiger partial charge in [0.1, 0.15) is 0 Å². The van der Waals surface area contributed by atoms with E-state index < -0.39 is 0 Å². The van der Waals surface area contributed by atoms with Crippen LogP contribution in [0.4, 0.5) is 5.69 Å². The van der Waals surface area contributed by atoms with Crippen molar-refractivity contribution in [3.63, 3.8) is 0 Å². The van der Waals surface area contributed by atoms with Crippen molar-refractivity contribution in [1.29, 1.82) is 0 Å². The van der Waals surface area contributed by atoms with Crippen LogP contribution in [-0.2, 0) is 0 Å². The molecule has 0 aromatic heterocycles. The maximum atomic E-state index is 3.67. The van der Waals surface area contributed by atoms with Crippen molar-refractivity contribution in [3.8, 4) is 0 Å². The summed E-state index contributed by atoms with van der Waals surface area (Å²) < 4.78 is 0. The van der Waals surface area contributed by atoms with Gasteiger partial charge in [-0.1, -0.05) is 41.9 Å². The second-order valence-corrected chi connectivity index (χ2v) is 7.31. The number of aryl methyl sites for hydroxylation is 1. The van der Waals surface area contributed by atoms with E-state index in [1.165, 1.54) is 36.4 Å². The Kier molecular flexibility index (Phi) is 6.12. The SMILES string of the molecule is Cc1cccc(N2CCN(CC(CBr)C(C)C)CC2)c1C. The van der Waals surface area contributed by atoms with Crippen molar-refractivity contribution < 1.29 is 0 Å². The Labute approximate surface area is 138 Å². The third-order valence-electron chi connectivity index (χ3n) is 4.92. The molecule has 0 amide bonds. The van der Waals surface area contributed by atoms with Crippen LogP contribution in [0.2, 0.25) is 0 Å². The number of piperazine rings is 1. The third-order valence-corrected chi connectivity index (χ3v) is 5.75. The highest BCUT2D eigenvalue weighted by molar-refractivity contribution is 9.09. The first kappa shape index (κ1) is 16.8. The van der Waals surface area contributed by atoms with Crippen molar-refractivity contribution in [3.05, 3.63) is 29.3 Å². The smallest absolute Gasteiger partial charge is 0.0399 e. The van der Waals surface area contributed by atoms with E-state index in [1.807, 2.05) is 0 Å². The number of hydrogen-bond acceptors (Lipinski definition) is 2. The molecule has 1 aliphatic rings. The molecular weight excluding hydrogens is 324 g/mol. The normalized spacial score (nSPS) is 18.3. The zero-order chi connectivity index (χ0) is 15.4. The Bertz CT molecular complexity index is 451. The second-order valence-electron chi connectivity index (χ2n) is 6.67. The molecule has 1 saturated heterocycles. The molecule has 21 heavy (non-hydrogen) atoms. The number of alkyl halides is 1. The van der Waals surface area contributed by atoms with Crippen LogP contribution in [-0.4, -0.2) is 43.0 Å². The fraction of sp³-hybridized carbons (Fsp3) is 0.667. The number of benzene rings is 1. The zero-order valence-corrected chi connectivity index (χ0v) is 15.5. The fourth-order valence-corrected chi connectivity index (χ4v) is 3.97. The van der Waals surface area contributed by atoms with Crippen LogP contribution in [0.3, 0.4) is 0 Å². The van der Waals surface area contributed by atoms with Crippen LogP contribution in [0.1, 0.15) is 25.0 Å². The average Bonchev–Trinajstić information content (AvgIpc) is 2.48. The predicted molar refractivity (Wildman–Crippen MR) is 96.7 cm³/mol. The summed E-state index contributed by atoms with van der Waals surface area (Å²) >= 11 is 3.67. The van der Waals surface area contributed by atoms with Crippen LogP contribution in [0.15, 0.2) is 18.2 Å². The maximum absolute atomic E-state index is 3.67. The van der Waals surface area contributed by atoms with Gasteiger partial charge in [-0.2, -0.15) is 0 Å². The number of nitrogens with zero attached hydrogens (tertiary/aromatic N) is 2. The van der Waals surface area contributed by atoms with Crippen LogP contribution in [0.25, 0.3) is 0 Å². The summed E-state index contributed by atoms with van der Waals surface area (Å²) in [4.78, 5) is 5.19. The number of anilines is 1. The van der Waals surface area contributed by atoms with E-state index in [2.05, 4.69) is 71.6 Å². The predicted octanol–water partition coefficient (Wildman–Crippen LogP) is 4.09. The van der Waals surface area contributed by atoms with Gasteiger partial charge in [-0.25, -0.2) is 0 Å². The number of halogens is 1. The van der Waals surface area contributed by atoms with E-state index in [0.717, 1.165) is 30.3 Å². The molecule has 1 aliphatic heterocycles. The van der Waals surface area contributed by atoms with E-state index in [-0.39, 0.29) is 0 Å². The van der Waals surface area contributed by atoms with Gasteiger partial charge in [-0.05, 0) is 42.9 Å². The molecule has 2 nitrogen and oxygen atoms in total. The lowest BCUT2D eigenvalue weighted by molar-refractivity contribution is 0.204. The minimum atomic E-state index is 0.751. The highest BCUT2D eigenvalue weighted by atomic mass is 79.9. The highest BCUT2D eigenvalue weighted by Crippen LogP contribution is 2.24. The van der Waals surface area contributed by atoms with Gasteiger partial charge >= 0.3 is 0 Å². The van der Waals surface area contributed by atoms with Crippen LogP contribution < -0.4 is 4.90 Å². The van der Waals surface area contributed by atoms with Gasteiger partial charge in [0.25, 0.3) is 0 Å². The van der Waals surface area contributed by atoms with Gasteiger partial charge in [0.2, 0.25) is 0 Å². The largest absolute Gasteiger partial charge is 0.369 e. The quantitative estimate of drug-likeness (QED) is 0.736. The van der Waals surface area contributed by atoms with E-state index in [9.17, 15) is 0 Å². The third kappa shape index (κ3) is 4.23. The van der Waals surface area contributed by atoms with Crippen LogP contribution >= 0.6 is 15.9 Å². The Balaban J connectivity index is 1.93. The minimum absolute atomic E-state index is 0.751. The summed E-state index contributed by atoms with van der Waals surface area (Å²) in [6, 6.07) is 6.66. The zero-order valence-electron chi connectivity index (χ0n) is 13.9. The molecule has 2 rings (SSSR count). The van der Waals surface area contributed by atoms with E-state index in [4.69, 9.17) is 0 Å². The maximum Gasteiger partial charge on any atom is 0.0399 e.